The van der Waals surface area contributed by atoms with Gasteiger partial charge in [-0.2, -0.15) is 0 Å². The van der Waals surface area contributed by atoms with E-state index < -0.39 is 0 Å². The second-order valence-corrected chi connectivity index (χ2v) is 4.68. The van der Waals surface area contributed by atoms with E-state index in [1.807, 2.05) is 36.4 Å². The van der Waals surface area contributed by atoms with Gasteiger partial charge in [-0.1, -0.05) is 18.2 Å². The summed E-state index contributed by atoms with van der Waals surface area (Å²) in [5.41, 5.74) is 5.78. The summed E-state index contributed by atoms with van der Waals surface area (Å²) in [6.07, 6.45) is 5.23. The molecule has 1 aromatic carbocycles. The monoisotopic (exact) mass is 280 g/mol. The first-order valence-electron chi connectivity index (χ1n) is 6.62. The minimum absolute atomic E-state index is 0.180. The number of rotatable bonds is 4. The maximum Gasteiger partial charge on any atom is 0.137 e. The smallest absolute Gasteiger partial charge is 0.137 e. The Morgan fingerprint density at radius 1 is 1.19 bits per heavy atom. The van der Waals surface area contributed by atoms with Gasteiger partial charge in [-0.05, 0) is 29.3 Å². The zero-order valence-electron chi connectivity index (χ0n) is 11.7. The highest BCUT2D eigenvalue weighted by molar-refractivity contribution is 5.82. The van der Waals surface area contributed by atoms with E-state index in [1.54, 1.807) is 25.7 Å². The summed E-state index contributed by atoms with van der Waals surface area (Å²) in [6, 6.07) is 11.7. The van der Waals surface area contributed by atoms with Crippen LogP contribution in [-0.2, 0) is 0 Å². The SMILES string of the molecule is COc1cncc(C(NN)c2cccc3ncccc23)c1. The van der Waals surface area contributed by atoms with E-state index in [0.717, 1.165) is 22.0 Å². The largest absolute Gasteiger partial charge is 0.495 e. The predicted molar refractivity (Wildman–Crippen MR) is 81.7 cm³/mol. The molecule has 0 aliphatic heterocycles. The molecule has 0 aliphatic rings. The molecule has 2 aromatic heterocycles. The molecule has 2 heterocycles. The number of nitrogens with two attached hydrogens (primary N) is 1. The third-order valence-electron chi connectivity index (χ3n) is 3.46. The molecule has 0 saturated heterocycles. The second kappa shape index (κ2) is 5.87. The lowest BCUT2D eigenvalue weighted by molar-refractivity contribution is 0.411. The topological polar surface area (TPSA) is 73.1 Å². The van der Waals surface area contributed by atoms with Crippen LogP contribution in [-0.4, -0.2) is 17.1 Å². The zero-order valence-corrected chi connectivity index (χ0v) is 11.7. The molecule has 1 unspecified atom stereocenters. The molecule has 3 aromatic rings. The molecule has 0 fully saturated rings. The molecule has 21 heavy (non-hydrogen) atoms. The van der Waals surface area contributed by atoms with Gasteiger partial charge in [-0.15, -0.1) is 0 Å². The van der Waals surface area contributed by atoms with Gasteiger partial charge in [0, 0.05) is 17.8 Å². The Hall–Kier alpha value is -2.50. The van der Waals surface area contributed by atoms with Crippen LogP contribution in [0.5, 0.6) is 5.75 Å². The van der Waals surface area contributed by atoms with Crippen LogP contribution < -0.4 is 16.0 Å². The number of methoxy groups -OCH3 is 1. The summed E-state index contributed by atoms with van der Waals surface area (Å²) in [7, 11) is 1.62. The van der Waals surface area contributed by atoms with Crippen LogP contribution in [0.25, 0.3) is 10.9 Å². The number of hydrogen-bond donors (Lipinski definition) is 2. The molecule has 5 nitrogen and oxygen atoms in total. The molecule has 0 aliphatic carbocycles. The summed E-state index contributed by atoms with van der Waals surface area (Å²) >= 11 is 0. The molecular weight excluding hydrogens is 264 g/mol. The average molecular weight is 280 g/mol. The highest BCUT2D eigenvalue weighted by Gasteiger charge is 2.16. The van der Waals surface area contributed by atoms with Crippen LogP contribution in [0.4, 0.5) is 0 Å². The van der Waals surface area contributed by atoms with Crippen LogP contribution >= 0.6 is 0 Å². The van der Waals surface area contributed by atoms with Gasteiger partial charge in [0.25, 0.3) is 0 Å². The fraction of sp³-hybridized carbons (Fsp3) is 0.125. The number of ether oxygens (including phenoxy) is 1. The third kappa shape index (κ3) is 2.56. The zero-order chi connectivity index (χ0) is 14.7. The fourth-order valence-electron chi connectivity index (χ4n) is 2.45. The minimum Gasteiger partial charge on any atom is -0.495 e. The minimum atomic E-state index is -0.180. The Kier molecular flexibility index (Phi) is 3.77. The number of hydrogen-bond acceptors (Lipinski definition) is 5. The van der Waals surface area contributed by atoms with Crippen molar-refractivity contribution in [1.29, 1.82) is 0 Å². The van der Waals surface area contributed by atoms with E-state index in [1.165, 1.54) is 0 Å². The predicted octanol–water partition coefficient (Wildman–Crippen LogP) is 2.19. The normalized spacial score (nSPS) is 12.3. The highest BCUT2D eigenvalue weighted by Crippen LogP contribution is 2.28. The molecule has 0 spiro atoms. The van der Waals surface area contributed by atoms with Crippen LogP contribution in [0.1, 0.15) is 17.2 Å². The maximum atomic E-state index is 5.78. The van der Waals surface area contributed by atoms with Gasteiger partial charge in [-0.3, -0.25) is 15.8 Å². The van der Waals surface area contributed by atoms with Gasteiger partial charge in [-0.25, -0.2) is 5.43 Å². The third-order valence-corrected chi connectivity index (χ3v) is 3.46. The van der Waals surface area contributed by atoms with Gasteiger partial charge < -0.3 is 4.74 Å². The number of aromatic nitrogens is 2. The van der Waals surface area contributed by atoms with E-state index in [4.69, 9.17) is 10.6 Å². The van der Waals surface area contributed by atoms with Crippen molar-refractivity contribution < 1.29 is 4.74 Å². The molecule has 0 amide bonds. The highest BCUT2D eigenvalue weighted by atomic mass is 16.5. The maximum absolute atomic E-state index is 5.78. The van der Waals surface area contributed by atoms with Gasteiger partial charge in [0.2, 0.25) is 0 Å². The summed E-state index contributed by atoms with van der Waals surface area (Å²) in [5.74, 6) is 6.48. The molecule has 5 heteroatoms. The number of hydrazine groups is 1. The van der Waals surface area contributed by atoms with Crippen LogP contribution in [0.3, 0.4) is 0 Å². The van der Waals surface area contributed by atoms with Crippen molar-refractivity contribution in [2.45, 2.75) is 6.04 Å². The number of nitrogens with zero attached hydrogens (tertiary/aromatic N) is 2. The van der Waals surface area contributed by atoms with Gasteiger partial charge >= 0.3 is 0 Å². The quantitative estimate of drug-likeness (QED) is 0.566. The van der Waals surface area contributed by atoms with Crippen molar-refractivity contribution >= 4 is 10.9 Å². The van der Waals surface area contributed by atoms with Crippen LogP contribution in [0.15, 0.2) is 55.0 Å². The van der Waals surface area contributed by atoms with Crippen molar-refractivity contribution in [3.8, 4) is 5.75 Å². The Morgan fingerprint density at radius 2 is 2.10 bits per heavy atom. The Labute approximate surface area is 122 Å². The van der Waals surface area contributed by atoms with Crippen molar-refractivity contribution in [1.82, 2.24) is 15.4 Å². The number of nitrogens with one attached hydrogen (secondary N) is 1. The van der Waals surface area contributed by atoms with Crippen molar-refractivity contribution in [3.05, 3.63) is 66.1 Å². The summed E-state index contributed by atoms with van der Waals surface area (Å²) in [4.78, 5) is 8.57. The number of pyridine rings is 2. The Bertz CT molecular complexity index is 755. The molecule has 0 saturated carbocycles. The van der Waals surface area contributed by atoms with Crippen molar-refractivity contribution in [3.63, 3.8) is 0 Å². The molecule has 3 N–H and O–H groups in total. The summed E-state index contributed by atoms with van der Waals surface area (Å²) < 4.78 is 5.23. The molecular formula is C16H16N4O. The van der Waals surface area contributed by atoms with Crippen molar-refractivity contribution in [2.75, 3.05) is 7.11 Å². The first-order chi connectivity index (χ1) is 10.3. The van der Waals surface area contributed by atoms with E-state index in [2.05, 4.69) is 15.4 Å². The van der Waals surface area contributed by atoms with Crippen molar-refractivity contribution in [2.24, 2.45) is 5.84 Å². The molecule has 1 atom stereocenters. The van der Waals surface area contributed by atoms with E-state index >= 15 is 0 Å². The Morgan fingerprint density at radius 3 is 2.90 bits per heavy atom. The second-order valence-electron chi connectivity index (χ2n) is 4.68. The van der Waals surface area contributed by atoms with Crippen LogP contribution in [0, 0.1) is 0 Å². The summed E-state index contributed by atoms with van der Waals surface area (Å²) in [5, 5.41) is 1.06. The average Bonchev–Trinajstić information content (AvgIpc) is 2.56. The lowest BCUT2D eigenvalue weighted by Gasteiger charge is -2.18. The number of fused-ring (bicyclic) bond motifs is 1. The van der Waals surface area contributed by atoms with Crippen LogP contribution in [0.2, 0.25) is 0 Å². The van der Waals surface area contributed by atoms with Gasteiger partial charge in [0.05, 0.1) is 24.9 Å². The Balaban J connectivity index is 2.13. The van der Waals surface area contributed by atoms with E-state index in [9.17, 15) is 0 Å². The standard InChI is InChI=1S/C16H16N4O/c1-21-12-8-11(9-18-10-12)16(20-17)14-4-2-6-15-13(14)5-3-7-19-15/h2-10,16,20H,17H2,1H3. The fourth-order valence-corrected chi connectivity index (χ4v) is 2.45. The van der Waals surface area contributed by atoms with E-state index in [0.29, 0.717) is 5.75 Å². The number of benzene rings is 1. The molecule has 0 radical (unpaired) electrons. The lowest BCUT2D eigenvalue weighted by atomic mass is 9.96. The lowest BCUT2D eigenvalue weighted by Crippen LogP contribution is -2.29. The first-order valence-corrected chi connectivity index (χ1v) is 6.62. The molecule has 0 bridgehead atoms. The molecule has 3 rings (SSSR count). The first kappa shape index (κ1) is 13.5. The summed E-state index contributed by atoms with van der Waals surface area (Å²) in [6.45, 7) is 0. The molecule has 106 valence electrons. The van der Waals surface area contributed by atoms with Gasteiger partial charge in [0.15, 0.2) is 0 Å². The van der Waals surface area contributed by atoms with Gasteiger partial charge in [0.1, 0.15) is 5.75 Å². The van der Waals surface area contributed by atoms with E-state index in [-0.39, 0.29) is 6.04 Å².